The van der Waals surface area contributed by atoms with Gasteiger partial charge in [-0.1, -0.05) is 0 Å². The summed E-state index contributed by atoms with van der Waals surface area (Å²) >= 11 is 3.30. The lowest BCUT2D eigenvalue weighted by molar-refractivity contribution is 0.296. The van der Waals surface area contributed by atoms with Gasteiger partial charge in [0.1, 0.15) is 11.6 Å². The summed E-state index contributed by atoms with van der Waals surface area (Å²) < 4.78 is 19.5. The molecule has 1 unspecified atom stereocenters. The van der Waals surface area contributed by atoms with Crippen molar-refractivity contribution >= 4 is 15.9 Å². The molecule has 0 bridgehead atoms. The predicted octanol–water partition coefficient (Wildman–Crippen LogP) is 3.15. The molecule has 4 heteroatoms. The van der Waals surface area contributed by atoms with Gasteiger partial charge in [0.25, 0.3) is 0 Å². The highest BCUT2D eigenvalue weighted by Gasteiger charge is 2.26. The topological polar surface area (TPSA) is 35.2 Å². The number of nitrogens with two attached hydrogens (primary N) is 1. The van der Waals surface area contributed by atoms with Crippen molar-refractivity contribution in [1.29, 1.82) is 0 Å². The highest BCUT2D eigenvalue weighted by Crippen LogP contribution is 2.37. The van der Waals surface area contributed by atoms with Gasteiger partial charge < -0.3 is 10.5 Å². The zero-order valence-electron chi connectivity index (χ0n) is 8.47. The van der Waals surface area contributed by atoms with Crippen molar-refractivity contribution < 1.29 is 9.13 Å². The third kappa shape index (κ3) is 2.49. The maximum absolute atomic E-state index is 13.2. The summed E-state index contributed by atoms with van der Waals surface area (Å²) in [5, 5.41) is 0. The maximum atomic E-state index is 13.2. The summed E-state index contributed by atoms with van der Waals surface area (Å²) in [6.07, 6.45) is 2.42. The zero-order valence-corrected chi connectivity index (χ0v) is 10.1. The van der Waals surface area contributed by atoms with E-state index in [1.165, 1.54) is 12.1 Å². The molecule has 1 atom stereocenters. The summed E-state index contributed by atoms with van der Waals surface area (Å²) in [5.41, 5.74) is 6.50. The Kier molecular flexibility index (Phi) is 2.98. The zero-order chi connectivity index (χ0) is 11.0. The van der Waals surface area contributed by atoms with Crippen LogP contribution in [0.1, 0.15) is 31.4 Å². The van der Waals surface area contributed by atoms with Crippen LogP contribution >= 0.6 is 15.9 Å². The molecule has 1 aliphatic rings. The van der Waals surface area contributed by atoms with E-state index in [4.69, 9.17) is 10.5 Å². The first kappa shape index (κ1) is 10.9. The van der Waals surface area contributed by atoms with E-state index in [0.29, 0.717) is 15.8 Å². The molecule has 1 aromatic rings. The molecule has 15 heavy (non-hydrogen) atoms. The van der Waals surface area contributed by atoms with Crippen molar-refractivity contribution in [3.8, 4) is 5.75 Å². The molecule has 1 saturated carbocycles. The van der Waals surface area contributed by atoms with Crippen LogP contribution < -0.4 is 10.5 Å². The fourth-order valence-electron chi connectivity index (χ4n) is 1.40. The minimum Gasteiger partial charge on any atom is -0.489 e. The predicted molar refractivity (Wildman–Crippen MR) is 60.4 cm³/mol. The SMILES string of the molecule is CC(N)c1cc(F)cc(Br)c1OC1CC1. The minimum atomic E-state index is -0.294. The van der Waals surface area contributed by atoms with Crippen molar-refractivity contribution in [2.75, 3.05) is 0 Å². The lowest BCUT2D eigenvalue weighted by Crippen LogP contribution is -2.10. The van der Waals surface area contributed by atoms with Crippen LogP contribution in [0, 0.1) is 5.82 Å². The van der Waals surface area contributed by atoms with Gasteiger partial charge in [-0.05, 0) is 47.8 Å². The Morgan fingerprint density at radius 3 is 2.73 bits per heavy atom. The van der Waals surface area contributed by atoms with Crippen LogP contribution in [0.15, 0.2) is 16.6 Å². The average molecular weight is 274 g/mol. The van der Waals surface area contributed by atoms with Crippen molar-refractivity contribution in [2.45, 2.75) is 31.9 Å². The molecule has 82 valence electrons. The van der Waals surface area contributed by atoms with Crippen molar-refractivity contribution in [2.24, 2.45) is 5.73 Å². The highest BCUT2D eigenvalue weighted by atomic mass is 79.9. The Morgan fingerprint density at radius 1 is 1.53 bits per heavy atom. The van der Waals surface area contributed by atoms with E-state index in [-0.39, 0.29) is 18.0 Å². The van der Waals surface area contributed by atoms with E-state index in [0.717, 1.165) is 12.8 Å². The first-order valence-electron chi connectivity index (χ1n) is 4.99. The molecular weight excluding hydrogens is 261 g/mol. The van der Waals surface area contributed by atoms with Crippen LogP contribution in [-0.2, 0) is 0 Å². The summed E-state index contributed by atoms with van der Waals surface area (Å²) in [4.78, 5) is 0. The molecule has 0 saturated heterocycles. The van der Waals surface area contributed by atoms with Crippen LogP contribution in [0.25, 0.3) is 0 Å². The Balaban J connectivity index is 2.38. The minimum absolute atomic E-state index is 0.231. The van der Waals surface area contributed by atoms with Gasteiger partial charge in [0.05, 0.1) is 10.6 Å². The first-order valence-corrected chi connectivity index (χ1v) is 5.78. The quantitative estimate of drug-likeness (QED) is 0.918. The Morgan fingerprint density at radius 2 is 2.20 bits per heavy atom. The molecular formula is C11H13BrFNO. The number of ether oxygens (including phenoxy) is 1. The fraction of sp³-hybridized carbons (Fsp3) is 0.455. The Hall–Kier alpha value is -0.610. The second kappa shape index (κ2) is 4.10. The lowest BCUT2D eigenvalue weighted by atomic mass is 10.1. The highest BCUT2D eigenvalue weighted by molar-refractivity contribution is 9.10. The summed E-state index contributed by atoms with van der Waals surface area (Å²) in [7, 11) is 0. The molecule has 2 nitrogen and oxygen atoms in total. The van der Waals surface area contributed by atoms with Gasteiger partial charge in [-0.2, -0.15) is 0 Å². The third-order valence-corrected chi connectivity index (χ3v) is 2.93. The van der Waals surface area contributed by atoms with Gasteiger partial charge >= 0.3 is 0 Å². The summed E-state index contributed by atoms with van der Waals surface area (Å²) in [5.74, 6) is 0.395. The first-order chi connectivity index (χ1) is 7.08. The number of rotatable bonds is 3. The van der Waals surface area contributed by atoms with E-state index in [1.807, 2.05) is 6.92 Å². The van der Waals surface area contributed by atoms with Crippen LogP contribution in [-0.4, -0.2) is 6.10 Å². The summed E-state index contributed by atoms with van der Waals surface area (Å²) in [6, 6.07) is 2.61. The number of halogens is 2. The maximum Gasteiger partial charge on any atom is 0.138 e. The molecule has 0 radical (unpaired) electrons. The molecule has 0 spiro atoms. The van der Waals surface area contributed by atoms with Gasteiger partial charge in [0.15, 0.2) is 0 Å². The van der Waals surface area contributed by atoms with Crippen molar-refractivity contribution in [1.82, 2.24) is 0 Å². The molecule has 1 fully saturated rings. The van der Waals surface area contributed by atoms with E-state index >= 15 is 0 Å². The van der Waals surface area contributed by atoms with Crippen LogP contribution in [0.2, 0.25) is 0 Å². The largest absolute Gasteiger partial charge is 0.489 e. The van der Waals surface area contributed by atoms with E-state index in [9.17, 15) is 4.39 Å². The van der Waals surface area contributed by atoms with Gasteiger partial charge in [0.2, 0.25) is 0 Å². The van der Waals surface area contributed by atoms with Crippen molar-refractivity contribution in [3.63, 3.8) is 0 Å². The van der Waals surface area contributed by atoms with Crippen LogP contribution in [0.5, 0.6) is 5.75 Å². The van der Waals surface area contributed by atoms with Crippen molar-refractivity contribution in [3.05, 3.63) is 28.0 Å². The molecule has 2 N–H and O–H groups in total. The summed E-state index contributed by atoms with van der Waals surface area (Å²) in [6.45, 7) is 1.82. The van der Waals surface area contributed by atoms with Crippen LogP contribution in [0.4, 0.5) is 4.39 Å². The van der Waals surface area contributed by atoms with Gasteiger partial charge in [-0.15, -0.1) is 0 Å². The molecule has 0 amide bonds. The third-order valence-electron chi connectivity index (χ3n) is 2.34. The number of hydrogen-bond donors (Lipinski definition) is 1. The molecule has 0 aromatic heterocycles. The van der Waals surface area contributed by atoms with Gasteiger partial charge in [-0.25, -0.2) is 4.39 Å². The molecule has 1 aliphatic carbocycles. The van der Waals surface area contributed by atoms with E-state index in [2.05, 4.69) is 15.9 Å². The van der Waals surface area contributed by atoms with Crippen LogP contribution in [0.3, 0.4) is 0 Å². The molecule has 1 aromatic carbocycles. The molecule has 0 heterocycles. The fourth-order valence-corrected chi connectivity index (χ4v) is 1.94. The Labute approximate surface area is 96.7 Å². The second-order valence-electron chi connectivity index (χ2n) is 3.91. The normalized spacial score (nSPS) is 17.6. The van der Waals surface area contributed by atoms with Gasteiger partial charge in [0, 0.05) is 11.6 Å². The van der Waals surface area contributed by atoms with E-state index < -0.39 is 0 Å². The van der Waals surface area contributed by atoms with Gasteiger partial charge in [-0.3, -0.25) is 0 Å². The molecule has 2 rings (SSSR count). The lowest BCUT2D eigenvalue weighted by Gasteiger charge is -2.15. The average Bonchev–Trinajstić information content (AvgIpc) is 2.92. The second-order valence-corrected chi connectivity index (χ2v) is 4.77. The molecule has 0 aliphatic heterocycles. The smallest absolute Gasteiger partial charge is 0.138 e. The number of benzene rings is 1. The monoisotopic (exact) mass is 273 g/mol. The Bertz CT molecular complexity index is 377. The van der Waals surface area contributed by atoms with E-state index in [1.54, 1.807) is 0 Å². The number of hydrogen-bond acceptors (Lipinski definition) is 2. The standard InChI is InChI=1S/C11H13BrFNO/c1-6(14)9-4-7(13)5-10(12)11(9)15-8-2-3-8/h4-6,8H,2-3,14H2,1H3.